The van der Waals surface area contributed by atoms with Crippen LogP contribution in [-0.4, -0.2) is 26.3 Å². The second-order valence-electron chi connectivity index (χ2n) is 4.47. The van der Waals surface area contributed by atoms with E-state index >= 15 is 0 Å². The maximum Gasteiger partial charge on any atom is 0.119 e. The third-order valence-corrected chi connectivity index (χ3v) is 3.02. The molecule has 1 N–H and O–H groups in total. The quantitative estimate of drug-likeness (QED) is 0.790. The molecule has 96 valence electrons. The molecule has 0 amide bonds. The fraction of sp³-hybridized carbons (Fsp3) is 0.571. The Morgan fingerprint density at radius 3 is 2.71 bits per heavy atom. The molecule has 17 heavy (non-hydrogen) atoms. The lowest BCUT2D eigenvalue weighted by Gasteiger charge is -2.28. The number of benzene rings is 1. The van der Waals surface area contributed by atoms with Crippen molar-refractivity contribution in [3.05, 3.63) is 29.8 Å². The Kier molecular flexibility index (Phi) is 5.45. The standard InChI is InChI=1S/C14H23NO2/c1-5-14(2,11-15-3)17-10-12-7-6-8-13(9-12)16-4/h6-9,15H,5,10-11H2,1-4H3. The number of rotatable bonds is 7. The van der Waals surface area contributed by atoms with Gasteiger partial charge in [0.1, 0.15) is 5.75 Å². The molecule has 1 unspecified atom stereocenters. The molecule has 0 bridgehead atoms. The zero-order chi connectivity index (χ0) is 12.7. The molecule has 0 aromatic heterocycles. The van der Waals surface area contributed by atoms with Crippen molar-refractivity contribution in [2.24, 2.45) is 0 Å². The van der Waals surface area contributed by atoms with Gasteiger partial charge in [-0.25, -0.2) is 0 Å². The Balaban J connectivity index is 2.59. The molecule has 1 rings (SSSR count). The molecule has 0 radical (unpaired) electrons. The largest absolute Gasteiger partial charge is 0.497 e. The number of hydrogen-bond acceptors (Lipinski definition) is 3. The van der Waals surface area contributed by atoms with Crippen molar-refractivity contribution >= 4 is 0 Å². The van der Waals surface area contributed by atoms with Crippen LogP contribution in [0.2, 0.25) is 0 Å². The first-order valence-electron chi connectivity index (χ1n) is 6.05. The Bertz CT molecular complexity index is 341. The zero-order valence-corrected chi connectivity index (χ0v) is 11.2. The van der Waals surface area contributed by atoms with Crippen LogP contribution in [0.15, 0.2) is 24.3 Å². The molecule has 0 aliphatic carbocycles. The molecule has 3 nitrogen and oxygen atoms in total. The fourth-order valence-electron chi connectivity index (χ4n) is 1.67. The molecule has 1 atom stereocenters. The Morgan fingerprint density at radius 1 is 1.35 bits per heavy atom. The maximum absolute atomic E-state index is 5.99. The van der Waals surface area contributed by atoms with Crippen LogP contribution >= 0.6 is 0 Å². The molecule has 0 fully saturated rings. The van der Waals surface area contributed by atoms with E-state index in [-0.39, 0.29) is 5.60 Å². The smallest absolute Gasteiger partial charge is 0.119 e. The lowest BCUT2D eigenvalue weighted by molar-refractivity contribution is -0.0433. The molecule has 0 aliphatic heterocycles. The maximum atomic E-state index is 5.99. The molecular weight excluding hydrogens is 214 g/mol. The lowest BCUT2D eigenvalue weighted by Crippen LogP contribution is -2.38. The van der Waals surface area contributed by atoms with Gasteiger partial charge in [-0.1, -0.05) is 19.1 Å². The van der Waals surface area contributed by atoms with E-state index in [0.717, 1.165) is 24.3 Å². The van der Waals surface area contributed by atoms with Gasteiger partial charge in [0.15, 0.2) is 0 Å². The van der Waals surface area contributed by atoms with Crippen LogP contribution < -0.4 is 10.1 Å². The number of nitrogens with one attached hydrogen (secondary N) is 1. The highest BCUT2D eigenvalue weighted by molar-refractivity contribution is 5.27. The van der Waals surface area contributed by atoms with Gasteiger partial charge in [0.25, 0.3) is 0 Å². The van der Waals surface area contributed by atoms with Gasteiger partial charge < -0.3 is 14.8 Å². The van der Waals surface area contributed by atoms with E-state index in [0.29, 0.717) is 6.61 Å². The van der Waals surface area contributed by atoms with Crippen molar-refractivity contribution in [1.82, 2.24) is 5.32 Å². The van der Waals surface area contributed by atoms with Crippen molar-refractivity contribution in [1.29, 1.82) is 0 Å². The van der Waals surface area contributed by atoms with Crippen LogP contribution in [0.4, 0.5) is 0 Å². The Hall–Kier alpha value is -1.06. The molecule has 0 heterocycles. The molecule has 0 spiro atoms. The topological polar surface area (TPSA) is 30.5 Å². The van der Waals surface area contributed by atoms with E-state index < -0.39 is 0 Å². The lowest BCUT2D eigenvalue weighted by atomic mass is 10.0. The first-order valence-corrected chi connectivity index (χ1v) is 6.05. The summed E-state index contributed by atoms with van der Waals surface area (Å²) < 4.78 is 11.2. The summed E-state index contributed by atoms with van der Waals surface area (Å²) in [6, 6.07) is 7.99. The molecule has 0 saturated heterocycles. The SMILES string of the molecule is CCC(C)(CNC)OCc1cccc(OC)c1. The van der Waals surface area contributed by atoms with Crippen molar-refractivity contribution in [2.75, 3.05) is 20.7 Å². The highest BCUT2D eigenvalue weighted by Crippen LogP contribution is 2.19. The van der Waals surface area contributed by atoms with Gasteiger partial charge in [-0.2, -0.15) is 0 Å². The van der Waals surface area contributed by atoms with Crippen molar-refractivity contribution < 1.29 is 9.47 Å². The van der Waals surface area contributed by atoms with Gasteiger partial charge in [-0.3, -0.25) is 0 Å². The minimum absolute atomic E-state index is 0.113. The highest BCUT2D eigenvalue weighted by Gasteiger charge is 2.21. The summed E-state index contributed by atoms with van der Waals surface area (Å²) in [5.74, 6) is 0.873. The number of ether oxygens (including phenoxy) is 2. The molecule has 3 heteroatoms. The van der Waals surface area contributed by atoms with Crippen LogP contribution in [0, 0.1) is 0 Å². The number of hydrogen-bond donors (Lipinski definition) is 1. The molecular formula is C14H23NO2. The van der Waals surface area contributed by atoms with Crippen LogP contribution in [0.5, 0.6) is 5.75 Å². The van der Waals surface area contributed by atoms with Gasteiger partial charge in [0.2, 0.25) is 0 Å². The van der Waals surface area contributed by atoms with Crippen LogP contribution in [0.25, 0.3) is 0 Å². The summed E-state index contributed by atoms with van der Waals surface area (Å²) in [6.45, 7) is 5.74. The van der Waals surface area contributed by atoms with Crippen LogP contribution in [-0.2, 0) is 11.3 Å². The van der Waals surface area contributed by atoms with E-state index in [1.54, 1.807) is 7.11 Å². The summed E-state index contributed by atoms with van der Waals surface area (Å²) in [5.41, 5.74) is 1.03. The summed E-state index contributed by atoms with van der Waals surface area (Å²) >= 11 is 0. The highest BCUT2D eigenvalue weighted by atomic mass is 16.5. The van der Waals surface area contributed by atoms with Gasteiger partial charge >= 0.3 is 0 Å². The third-order valence-electron chi connectivity index (χ3n) is 3.02. The Labute approximate surface area is 104 Å². The average Bonchev–Trinajstić information content (AvgIpc) is 2.37. The number of methoxy groups -OCH3 is 1. The van der Waals surface area contributed by atoms with Gasteiger partial charge in [0.05, 0.1) is 19.3 Å². The van der Waals surface area contributed by atoms with Gasteiger partial charge in [-0.15, -0.1) is 0 Å². The van der Waals surface area contributed by atoms with Crippen molar-refractivity contribution in [3.63, 3.8) is 0 Å². The summed E-state index contributed by atoms with van der Waals surface area (Å²) in [4.78, 5) is 0. The normalized spacial score (nSPS) is 14.4. The van der Waals surface area contributed by atoms with Crippen LogP contribution in [0.3, 0.4) is 0 Å². The summed E-state index contributed by atoms with van der Waals surface area (Å²) in [5, 5.41) is 3.17. The molecule has 1 aromatic rings. The van der Waals surface area contributed by atoms with E-state index in [4.69, 9.17) is 9.47 Å². The first-order chi connectivity index (χ1) is 8.13. The minimum Gasteiger partial charge on any atom is -0.497 e. The summed E-state index contributed by atoms with van der Waals surface area (Å²) in [7, 11) is 3.62. The molecule has 1 aromatic carbocycles. The average molecular weight is 237 g/mol. The monoisotopic (exact) mass is 237 g/mol. The minimum atomic E-state index is -0.113. The summed E-state index contributed by atoms with van der Waals surface area (Å²) in [6.07, 6.45) is 0.984. The van der Waals surface area contributed by atoms with Gasteiger partial charge in [0, 0.05) is 6.54 Å². The predicted molar refractivity (Wildman–Crippen MR) is 70.4 cm³/mol. The van der Waals surface area contributed by atoms with E-state index in [9.17, 15) is 0 Å². The second-order valence-corrected chi connectivity index (χ2v) is 4.47. The second kappa shape index (κ2) is 6.62. The van der Waals surface area contributed by atoms with E-state index in [2.05, 4.69) is 25.2 Å². The van der Waals surface area contributed by atoms with Gasteiger partial charge in [-0.05, 0) is 38.1 Å². The fourth-order valence-corrected chi connectivity index (χ4v) is 1.67. The Morgan fingerprint density at radius 2 is 2.12 bits per heavy atom. The zero-order valence-electron chi connectivity index (χ0n) is 11.2. The van der Waals surface area contributed by atoms with Crippen LogP contribution in [0.1, 0.15) is 25.8 Å². The van der Waals surface area contributed by atoms with E-state index in [1.807, 2.05) is 25.2 Å². The van der Waals surface area contributed by atoms with E-state index in [1.165, 1.54) is 0 Å². The first kappa shape index (κ1) is 14.0. The predicted octanol–water partition coefficient (Wildman–Crippen LogP) is 2.60. The third kappa shape index (κ3) is 4.36. The van der Waals surface area contributed by atoms with Crippen molar-refractivity contribution in [2.45, 2.75) is 32.5 Å². The van der Waals surface area contributed by atoms with Crippen molar-refractivity contribution in [3.8, 4) is 5.75 Å². The number of likely N-dealkylation sites (N-methyl/N-ethyl adjacent to an activating group) is 1. The molecule has 0 aliphatic rings. The molecule has 0 saturated carbocycles.